The van der Waals surface area contributed by atoms with Crippen molar-refractivity contribution in [1.82, 2.24) is 15.6 Å². The van der Waals surface area contributed by atoms with Crippen LogP contribution in [0.15, 0.2) is 87.6 Å². The summed E-state index contributed by atoms with van der Waals surface area (Å²) in [6.45, 7) is 1.42. The Morgan fingerprint density at radius 3 is 2.45 bits per heavy atom. The zero-order valence-electron chi connectivity index (χ0n) is 20.1. The van der Waals surface area contributed by atoms with Gasteiger partial charge in [0.25, 0.3) is 31.9 Å². The van der Waals surface area contributed by atoms with E-state index in [1.807, 2.05) is 0 Å². The number of sulfonamides is 2. The third kappa shape index (κ3) is 5.60. The molecule has 0 radical (unpaired) electrons. The Balaban J connectivity index is 1.43. The van der Waals surface area contributed by atoms with Crippen LogP contribution in [0.4, 0.5) is 5.69 Å². The van der Waals surface area contributed by atoms with E-state index in [9.17, 15) is 26.4 Å². The normalized spacial score (nSPS) is 15.6. The number of hydrazine groups is 1. The van der Waals surface area contributed by atoms with Gasteiger partial charge in [-0.25, -0.2) is 16.8 Å². The molecule has 1 atom stereocenters. The van der Waals surface area contributed by atoms with Gasteiger partial charge in [-0.05, 0) is 49.4 Å². The summed E-state index contributed by atoms with van der Waals surface area (Å²) in [7, 11) is -6.43. The molecule has 0 fully saturated rings. The highest BCUT2D eigenvalue weighted by molar-refractivity contribution is 7.92. The number of benzene rings is 3. The lowest BCUT2D eigenvalue weighted by molar-refractivity contribution is -0.122. The lowest BCUT2D eigenvalue weighted by atomic mass is 10.2. The molecule has 0 spiro atoms. The number of para-hydroxylation sites is 2. The first kappa shape index (κ1) is 26.6. The van der Waals surface area contributed by atoms with E-state index in [1.165, 1.54) is 44.4 Å². The zero-order valence-corrected chi connectivity index (χ0v) is 21.8. The minimum Gasteiger partial charge on any atom is -0.495 e. The largest absolute Gasteiger partial charge is 0.495 e. The zero-order chi connectivity index (χ0) is 27.5. The van der Waals surface area contributed by atoms with Crippen LogP contribution >= 0.6 is 0 Å². The van der Waals surface area contributed by atoms with E-state index in [0.29, 0.717) is 11.3 Å². The number of fused-ring (bicyclic) bond motifs is 1. The monoisotopic (exact) mass is 557 g/mol. The molecule has 1 heterocycles. The van der Waals surface area contributed by atoms with E-state index in [-0.39, 0.29) is 26.9 Å². The SMILES string of the molecule is COc1ccccc1NS(=O)(=O)c1cccc(C(=O)NNC(=O)[C@@H](C)N=C2NS(=O)(=O)c3ccccc32)c1. The van der Waals surface area contributed by atoms with E-state index < -0.39 is 37.9 Å². The van der Waals surface area contributed by atoms with Crippen molar-refractivity contribution in [1.29, 1.82) is 0 Å². The van der Waals surface area contributed by atoms with Crippen LogP contribution in [0.3, 0.4) is 0 Å². The summed E-state index contributed by atoms with van der Waals surface area (Å²) in [5.41, 5.74) is 4.93. The summed E-state index contributed by atoms with van der Waals surface area (Å²) in [6, 6.07) is 16.8. The third-order valence-corrected chi connectivity index (χ3v) is 8.18. The number of nitrogens with one attached hydrogen (secondary N) is 4. The number of carbonyl (C=O) groups is 2. The minimum atomic E-state index is -4.07. The van der Waals surface area contributed by atoms with Crippen molar-refractivity contribution >= 4 is 43.4 Å². The third-order valence-electron chi connectivity index (χ3n) is 5.42. The van der Waals surface area contributed by atoms with Gasteiger partial charge in [0.2, 0.25) is 0 Å². The molecular weight excluding hydrogens is 534 g/mol. The summed E-state index contributed by atoms with van der Waals surface area (Å²) in [4.78, 5) is 29.1. The van der Waals surface area contributed by atoms with Gasteiger partial charge in [-0.2, -0.15) is 0 Å². The summed E-state index contributed by atoms with van der Waals surface area (Å²) in [5.74, 6) is -1.18. The molecule has 3 aromatic carbocycles. The minimum absolute atomic E-state index is 0.00929. The van der Waals surface area contributed by atoms with Crippen molar-refractivity contribution < 1.29 is 31.2 Å². The molecule has 4 rings (SSSR count). The van der Waals surface area contributed by atoms with E-state index >= 15 is 0 Å². The number of carbonyl (C=O) groups excluding carboxylic acids is 2. The van der Waals surface area contributed by atoms with Crippen molar-refractivity contribution in [3.05, 3.63) is 83.9 Å². The van der Waals surface area contributed by atoms with Crippen LogP contribution < -0.4 is 25.0 Å². The molecule has 1 aliphatic heterocycles. The van der Waals surface area contributed by atoms with Gasteiger partial charge in [-0.1, -0.05) is 30.3 Å². The first-order chi connectivity index (χ1) is 18.0. The second-order valence-electron chi connectivity index (χ2n) is 8.03. The van der Waals surface area contributed by atoms with Gasteiger partial charge in [-0.15, -0.1) is 0 Å². The predicted octanol–water partition coefficient (Wildman–Crippen LogP) is 1.38. The Morgan fingerprint density at radius 2 is 1.68 bits per heavy atom. The lowest BCUT2D eigenvalue weighted by Crippen LogP contribution is -2.45. The molecule has 12 nitrogen and oxygen atoms in total. The van der Waals surface area contributed by atoms with Crippen molar-refractivity contribution in [3.8, 4) is 5.75 Å². The molecule has 0 aromatic heterocycles. The van der Waals surface area contributed by atoms with Gasteiger partial charge in [0, 0.05) is 11.1 Å². The number of aliphatic imine (C=N–C) groups is 1. The number of nitrogens with zero attached hydrogens (tertiary/aromatic N) is 1. The Labute approximate surface area is 219 Å². The number of anilines is 1. The van der Waals surface area contributed by atoms with E-state index in [1.54, 1.807) is 36.4 Å². The fourth-order valence-electron chi connectivity index (χ4n) is 3.51. The van der Waals surface area contributed by atoms with Gasteiger partial charge in [0.05, 0.1) is 22.6 Å². The number of amidine groups is 1. The fraction of sp³-hybridized carbons (Fsp3) is 0.125. The number of amides is 2. The van der Waals surface area contributed by atoms with Gasteiger partial charge in [-0.3, -0.25) is 34.9 Å². The molecule has 3 aromatic rings. The molecule has 2 amide bonds. The maximum Gasteiger partial charge on any atom is 0.269 e. The molecule has 4 N–H and O–H groups in total. The molecule has 0 unspecified atom stereocenters. The van der Waals surface area contributed by atoms with Crippen molar-refractivity contribution in [2.45, 2.75) is 22.8 Å². The van der Waals surface area contributed by atoms with Gasteiger partial charge in [0.1, 0.15) is 17.6 Å². The topological polar surface area (TPSA) is 172 Å². The maximum absolute atomic E-state index is 12.9. The molecule has 0 bridgehead atoms. The molecule has 38 heavy (non-hydrogen) atoms. The number of hydrogen-bond acceptors (Lipinski definition) is 8. The Kier molecular flexibility index (Phi) is 7.37. The highest BCUT2D eigenvalue weighted by Gasteiger charge is 2.31. The van der Waals surface area contributed by atoms with E-state index in [4.69, 9.17) is 4.74 Å². The first-order valence-corrected chi connectivity index (χ1v) is 14.0. The quantitative estimate of drug-likeness (QED) is 0.318. The highest BCUT2D eigenvalue weighted by atomic mass is 32.2. The van der Waals surface area contributed by atoms with E-state index in [0.717, 1.165) is 6.07 Å². The van der Waals surface area contributed by atoms with Crippen LogP contribution in [-0.2, 0) is 24.8 Å². The van der Waals surface area contributed by atoms with Crippen LogP contribution in [0.25, 0.3) is 0 Å². The van der Waals surface area contributed by atoms with Crippen molar-refractivity contribution in [2.75, 3.05) is 11.8 Å². The predicted molar refractivity (Wildman–Crippen MR) is 139 cm³/mol. The highest BCUT2D eigenvalue weighted by Crippen LogP contribution is 2.26. The molecule has 0 saturated heterocycles. The van der Waals surface area contributed by atoms with Gasteiger partial charge in [0.15, 0.2) is 0 Å². The first-order valence-electron chi connectivity index (χ1n) is 11.1. The number of ether oxygens (including phenoxy) is 1. The maximum atomic E-state index is 12.9. The van der Waals surface area contributed by atoms with Crippen LogP contribution in [0, 0.1) is 0 Å². The van der Waals surface area contributed by atoms with Crippen molar-refractivity contribution in [3.63, 3.8) is 0 Å². The average molecular weight is 558 g/mol. The van der Waals surface area contributed by atoms with Crippen molar-refractivity contribution in [2.24, 2.45) is 4.99 Å². The summed E-state index contributed by atoms with van der Waals surface area (Å²) >= 11 is 0. The number of rotatable bonds is 7. The second-order valence-corrected chi connectivity index (χ2v) is 11.4. The Bertz CT molecular complexity index is 1650. The smallest absolute Gasteiger partial charge is 0.269 e. The molecule has 14 heteroatoms. The molecule has 198 valence electrons. The van der Waals surface area contributed by atoms with Gasteiger partial charge < -0.3 is 4.74 Å². The van der Waals surface area contributed by atoms with Crippen LogP contribution in [-0.4, -0.2) is 47.6 Å². The summed E-state index contributed by atoms with van der Waals surface area (Å²) in [5, 5.41) is 0. The molecule has 1 aliphatic rings. The van der Waals surface area contributed by atoms with Crippen LogP contribution in [0.5, 0.6) is 5.75 Å². The molecule has 0 aliphatic carbocycles. The Hall–Kier alpha value is -4.43. The number of methoxy groups -OCH3 is 1. The fourth-order valence-corrected chi connectivity index (χ4v) is 5.87. The van der Waals surface area contributed by atoms with Gasteiger partial charge >= 0.3 is 0 Å². The summed E-state index contributed by atoms with van der Waals surface area (Å²) in [6.07, 6.45) is 0. The molecular formula is C24H23N5O7S2. The standard InChI is InChI=1S/C24H23N5O7S2/c1-15(25-22-18-10-3-6-13-21(18)38(34,35)29-22)23(30)26-27-24(31)16-8-7-9-17(14-16)37(32,33)28-19-11-4-5-12-20(19)36-2/h3-15,28H,1-2H3,(H,25,29)(H,26,30)(H,27,31)/t15-/m1/s1. The lowest BCUT2D eigenvalue weighted by Gasteiger charge is -2.13. The van der Waals surface area contributed by atoms with Crippen LogP contribution in [0.1, 0.15) is 22.8 Å². The molecule has 0 saturated carbocycles. The number of hydrogen-bond donors (Lipinski definition) is 4. The summed E-state index contributed by atoms with van der Waals surface area (Å²) < 4.78 is 60.0. The Morgan fingerprint density at radius 1 is 0.974 bits per heavy atom. The van der Waals surface area contributed by atoms with E-state index in [2.05, 4.69) is 25.3 Å². The van der Waals surface area contributed by atoms with Crippen LogP contribution in [0.2, 0.25) is 0 Å². The second kappa shape index (κ2) is 10.5. The average Bonchev–Trinajstić information content (AvgIpc) is 3.16.